The largest absolute Gasteiger partial charge is 0.330 e. The van der Waals surface area contributed by atoms with E-state index in [0.717, 1.165) is 25.3 Å². The molecule has 0 bridgehead atoms. The molecule has 1 aliphatic heterocycles. The molecule has 1 heterocycles. The molecule has 1 saturated heterocycles. The van der Waals surface area contributed by atoms with Crippen molar-refractivity contribution >= 4 is 27.3 Å². The van der Waals surface area contributed by atoms with Crippen molar-refractivity contribution < 1.29 is 13.3 Å². The number of nitrogens with zero attached hydrogens (tertiary/aromatic N) is 2. The van der Waals surface area contributed by atoms with Gasteiger partial charge in [0.15, 0.2) is 0 Å². The zero-order valence-electron chi connectivity index (χ0n) is 12.9. The molecule has 23 heavy (non-hydrogen) atoms. The highest BCUT2D eigenvalue weighted by atomic mass is 35.5. The third-order valence-corrected chi connectivity index (χ3v) is 6.49. The highest BCUT2D eigenvalue weighted by Crippen LogP contribution is 2.33. The van der Waals surface area contributed by atoms with Crippen LogP contribution in [0.25, 0.3) is 0 Å². The van der Waals surface area contributed by atoms with Crippen LogP contribution in [-0.4, -0.2) is 36.8 Å². The van der Waals surface area contributed by atoms with E-state index in [2.05, 4.69) is 0 Å². The smallest absolute Gasteiger partial charge is 0.275 e. The predicted molar refractivity (Wildman–Crippen MR) is 88.0 cm³/mol. The van der Waals surface area contributed by atoms with Crippen LogP contribution in [0.2, 0.25) is 5.02 Å². The molecule has 1 aromatic carbocycles. The fourth-order valence-electron chi connectivity index (χ4n) is 2.89. The average Bonchev–Trinajstić information content (AvgIpc) is 2.50. The first-order valence-corrected chi connectivity index (χ1v) is 9.27. The molecule has 1 fully saturated rings. The summed E-state index contributed by atoms with van der Waals surface area (Å²) in [6.07, 6.45) is 3.03. The van der Waals surface area contributed by atoms with Crippen LogP contribution < -0.4 is 5.73 Å². The fraction of sp³-hybridized carbons (Fsp3) is 0.571. The third kappa shape index (κ3) is 3.65. The standard InChI is InChI=1S/C14H20ClN3O4S/c1-10-13(15)8-12(9-14(10)18(19)20)23(21,22)17-7-3-2-4-11(17)5-6-16/h8-9,11H,2-7,16H2,1H3. The minimum atomic E-state index is -3.84. The number of nitro groups is 1. The minimum absolute atomic E-state index is 0.0742. The van der Waals surface area contributed by atoms with Crippen molar-refractivity contribution in [1.82, 2.24) is 4.31 Å². The van der Waals surface area contributed by atoms with Crippen molar-refractivity contribution in [3.8, 4) is 0 Å². The van der Waals surface area contributed by atoms with Crippen LogP contribution in [0.1, 0.15) is 31.2 Å². The Balaban J connectivity index is 2.48. The maximum atomic E-state index is 12.9. The van der Waals surface area contributed by atoms with Crippen LogP contribution >= 0.6 is 11.6 Å². The molecule has 1 aliphatic rings. The van der Waals surface area contributed by atoms with E-state index in [1.807, 2.05) is 0 Å². The van der Waals surface area contributed by atoms with Gasteiger partial charge in [0.2, 0.25) is 10.0 Å². The summed E-state index contributed by atoms with van der Waals surface area (Å²) in [6, 6.07) is 2.20. The Morgan fingerprint density at radius 3 is 2.74 bits per heavy atom. The van der Waals surface area contributed by atoms with Crippen LogP contribution in [0.3, 0.4) is 0 Å². The molecule has 1 aromatic rings. The Hall–Kier alpha value is -1.22. The Labute approximate surface area is 140 Å². The summed E-state index contributed by atoms with van der Waals surface area (Å²) in [7, 11) is -3.84. The van der Waals surface area contributed by atoms with Crippen molar-refractivity contribution in [3.05, 3.63) is 32.8 Å². The number of nitro benzene ring substituents is 1. The molecule has 0 saturated carbocycles. The Morgan fingerprint density at radius 2 is 2.13 bits per heavy atom. The van der Waals surface area contributed by atoms with Crippen LogP contribution in [0, 0.1) is 17.0 Å². The first-order valence-electron chi connectivity index (χ1n) is 7.45. The zero-order chi connectivity index (χ0) is 17.2. The monoisotopic (exact) mass is 361 g/mol. The lowest BCUT2D eigenvalue weighted by Crippen LogP contribution is -2.44. The van der Waals surface area contributed by atoms with Crippen LogP contribution in [0.4, 0.5) is 5.69 Å². The van der Waals surface area contributed by atoms with Gasteiger partial charge in [-0.05, 0) is 38.8 Å². The van der Waals surface area contributed by atoms with Crippen molar-refractivity contribution in [2.24, 2.45) is 5.73 Å². The summed E-state index contributed by atoms with van der Waals surface area (Å²) >= 11 is 6.00. The first kappa shape index (κ1) is 18.1. The first-order chi connectivity index (χ1) is 10.8. The summed E-state index contributed by atoms with van der Waals surface area (Å²) in [5.74, 6) is 0. The van der Waals surface area contributed by atoms with E-state index in [9.17, 15) is 18.5 Å². The van der Waals surface area contributed by atoms with E-state index in [-0.39, 0.29) is 27.2 Å². The second kappa shape index (κ2) is 7.12. The van der Waals surface area contributed by atoms with Gasteiger partial charge in [0.1, 0.15) is 0 Å². The minimum Gasteiger partial charge on any atom is -0.330 e. The Kier molecular flexibility index (Phi) is 5.61. The lowest BCUT2D eigenvalue weighted by atomic mass is 10.0. The van der Waals surface area contributed by atoms with Gasteiger partial charge in [-0.25, -0.2) is 8.42 Å². The van der Waals surface area contributed by atoms with Crippen molar-refractivity contribution in [2.45, 2.75) is 43.5 Å². The molecule has 1 unspecified atom stereocenters. The Morgan fingerprint density at radius 1 is 1.43 bits per heavy atom. The molecular weight excluding hydrogens is 342 g/mol. The molecule has 0 amide bonds. The highest BCUT2D eigenvalue weighted by Gasteiger charge is 2.34. The van der Waals surface area contributed by atoms with E-state index >= 15 is 0 Å². The number of hydrogen-bond donors (Lipinski definition) is 1. The maximum Gasteiger partial charge on any atom is 0.275 e. The topological polar surface area (TPSA) is 107 Å². The van der Waals surface area contributed by atoms with E-state index in [4.69, 9.17) is 17.3 Å². The van der Waals surface area contributed by atoms with Crippen LogP contribution in [0.5, 0.6) is 0 Å². The number of rotatable bonds is 5. The third-order valence-electron chi connectivity index (χ3n) is 4.17. The van der Waals surface area contributed by atoms with E-state index in [0.29, 0.717) is 19.5 Å². The summed E-state index contributed by atoms with van der Waals surface area (Å²) in [4.78, 5) is 10.4. The highest BCUT2D eigenvalue weighted by molar-refractivity contribution is 7.89. The molecule has 2 rings (SSSR count). The Bertz CT molecular complexity index is 706. The molecule has 9 heteroatoms. The van der Waals surface area contributed by atoms with Crippen molar-refractivity contribution in [1.29, 1.82) is 0 Å². The van der Waals surface area contributed by atoms with E-state index in [1.54, 1.807) is 0 Å². The summed E-state index contributed by atoms with van der Waals surface area (Å²) < 4.78 is 27.2. The van der Waals surface area contributed by atoms with Gasteiger partial charge in [-0.15, -0.1) is 0 Å². The normalized spacial score (nSPS) is 19.7. The van der Waals surface area contributed by atoms with Gasteiger partial charge in [-0.1, -0.05) is 18.0 Å². The molecule has 128 valence electrons. The van der Waals surface area contributed by atoms with E-state index < -0.39 is 14.9 Å². The molecule has 7 nitrogen and oxygen atoms in total. The molecule has 0 spiro atoms. The number of nitrogens with two attached hydrogens (primary N) is 1. The molecular formula is C14H20ClN3O4S. The number of benzene rings is 1. The van der Waals surface area contributed by atoms with Gasteiger partial charge in [-0.2, -0.15) is 4.31 Å². The molecule has 0 aromatic heterocycles. The lowest BCUT2D eigenvalue weighted by Gasteiger charge is -2.34. The quantitative estimate of drug-likeness (QED) is 0.640. The second-order valence-electron chi connectivity index (χ2n) is 5.65. The molecule has 2 N–H and O–H groups in total. The van der Waals surface area contributed by atoms with Crippen molar-refractivity contribution in [2.75, 3.05) is 13.1 Å². The molecule has 0 radical (unpaired) electrons. The molecule has 1 atom stereocenters. The van der Waals surface area contributed by atoms with Gasteiger partial charge >= 0.3 is 0 Å². The maximum absolute atomic E-state index is 12.9. The van der Waals surface area contributed by atoms with Gasteiger partial charge in [-0.3, -0.25) is 10.1 Å². The SMILES string of the molecule is Cc1c(Cl)cc(S(=O)(=O)N2CCCCC2CCN)cc1[N+](=O)[O-]. The predicted octanol–water partition coefficient (Wildman–Crippen LogP) is 2.45. The van der Waals surface area contributed by atoms with Gasteiger partial charge in [0, 0.05) is 24.2 Å². The van der Waals surface area contributed by atoms with Crippen molar-refractivity contribution in [3.63, 3.8) is 0 Å². The number of halogens is 1. The zero-order valence-corrected chi connectivity index (χ0v) is 14.4. The van der Waals surface area contributed by atoms with Gasteiger partial charge in [0.25, 0.3) is 5.69 Å². The number of hydrogen-bond acceptors (Lipinski definition) is 5. The summed E-state index contributed by atoms with van der Waals surface area (Å²) in [6.45, 7) is 2.28. The number of piperidine rings is 1. The van der Waals surface area contributed by atoms with Crippen LogP contribution in [0.15, 0.2) is 17.0 Å². The number of sulfonamides is 1. The summed E-state index contributed by atoms with van der Waals surface area (Å²) in [5, 5.41) is 11.2. The van der Waals surface area contributed by atoms with Gasteiger partial charge < -0.3 is 5.73 Å². The molecule has 0 aliphatic carbocycles. The van der Waals surface area contributed by atoms with Crippen LogP contribution in [-0.2, 0) is 10.0 Å². The second-order valence-corrected chi connectivity index (χ2v) is 7.95. The average molecular weight is 362 g/mol. The van der Waals surface area contributed by atoms with Gasteiger partial charge in [0.05, 0.1) is 14.8 Å². The fourth-order valence-corrected chi connectivity index (χ4v) is 4.94. The van der Waals surface area contributed by atoms with E-state index in [1.165, 1.54) is 17.3 Å². The summed E-state index contributed by atoms with van der Waals surface area (Å²) in [5.41, 5.74) is 5.55. The lowest BCUT2D eigenvalue weighted by molar-refractivity contribution is -0.385.